The predicted octanol–water partition coefficient (Wildman–Crippen LogP) is 3.73. The first-order valence-corrected chi connectivity index (χ1v) is 9.51. The third-order valence-corrected chi connectivity index (χ3v) is 6.09. The average molecular weight is 262 g/mol. The molecule has 0 aliphatic heterocycles. The number of benzene rings is 2. The maximum absolute atomic E-state index is 3.98. The molecule has 2 aromatic rings. The summed E-state index contributed by atoms with van der Waals surface area (Å²) in [6.45, 7) is 8.57. The minimum atomic E-state index is -1.57. The van der Waals surface area contributed by atoms with E-state index in [1.165, 1.54) is 5.19 Å². The van der Waals surface area contributed by atoms with Crippen molar-refractivity contribution in [2.24, 2.45) is 0 Å². The zero-order valence-corrected chi connectivity index (χ0v) is 12.5. The van der Waals surface area contributed by atoms with E-state index in [9.17, 15) is 0 Å². The van der Waals surface area contributed by atoms with Crippen LogP contribution in [0.2, 0.25) is 13.1 Å². The minimum absolute atomic E-state index is 1.05. The van der Waals surface area contributed by atoms with Crippen LogP contribution in [0.3, 0.4) is 0 Å². The van der Waals surface area contributed by atoms with E-state index in [2.05, 4.69) is 55.4 Å². The van der Waals surface area contributed by atoms with Gasteiger partial charge in [0.25, 0.3) is 0 Å². The molecule has 0 radical (unpaired) electrons. The molecule has 0 heterocycles. The van der Waals surface area contributed by atoms with Crippen molar-refractivity contribution in [3.05, 3.63) is 78.0 Å². The van der Waals surface area contributed by atoms with E-state index in [-0.39, 0.29) is 0 Å². The fourth-order valence-corrected chi connectivity index (χ4v) is 3.51. The van der Waals surface area contributed by atoms with E-state index in [0.29, 0.717) is 0 Å². The van der Waals surface area contributed by atoms with Crippen molar-refractivity contribution in [1.29, 1.82) is 0 Å². The SMILES string of the molecule is C=C[Si](C)(C)c1ccccc1C#Cc1ccccc1. The molecule has 0 unspecified atom stereocenters. The lowest BCUT2D eigenvalue weighted by molar-refractivity contribution is 1.63. The first kappa shape index (κ1) is 13.4. The van der Waals surface area contributed by atoms with Crippen LogP contribution in [0.15, 0.2) is 66.9 Å². The molecule has 19 heavy (non-hydrogen) atoms. The fraction of sp³-hybridized carbons (Fsp3) is 0.111. The standard InChI is InChI=1S/C18H18Si/c1-4-19(2,3)18-13-9-8-12-17(18)15-14-16-10-6-5-7-11-16/h4-13H,1H2,2-3H3. The van der Waals surface area contributed by atoms with Crippen LogP contribution in [-0.2, 0) is 0 Å². The first-order chi connectivity index (χ1) is 9.13. The minimum Gasteiger partial charge on any atom is -0.107 e. The Hall–Kier alpha value is -2.04. The molecule has 0 bridgehead atoms. The van der Waals surface area contributed by atoms with Gasteiger partial charge in [0.2, 0.25) is 0 Å². The van der Waals surface area contributed by atoms with Crippen molar-refractivity contribution in [2.45, 2.75) is 13.1 Å². The third-order valence-electron chi connectivity index (χ3n) is 3.25. The van der Waals surface area contributed by atoms with E-state index in [4.69, 9.17) is 0 Å². The highest BCUT2D eigenvalue weighted by Gasteiger charge is 2.21. The van der Waals surface area contributed by atoms with Gasteiger partial charge in [-0.2, -0.15) is 0 Å². The smallest absolute Gasteiger partial charge is 0.105 e. The summed E-state index contributed by atoms with van der Waals surface area (Å²) in [5.41, 5.74) is 4.29. The van der Waals surface area contributed by atoms with Gasteiger partial charge < -0.3 is 0 Å². The van der Waals surface area contributed by atoms with Gasteiger partial charge >= 0.3 is 0 Å². The second kappa shape index (κ2) is 5.73. The van der Waals surface area contributed by atoms with Crippen LogP contribution in [0.4, 0.5) is 0 Å². The molecule has 0 aromatic heterocycles. The number of rotatable bonds is 2. The molecule has 0 saturated heterocycles. The quantitative estimate of drug-likeness (QED) is 0.571. The zero-order chi connectivity index (χ0) is 13.7. The van der Waals surface area contributed by atoms with E-state index >= 15 is 0 Å². The molecule has 0 fully saturated rings. The van der Waals surface area contributed by atoms with Gasteiger partial charge in [-0.25, -0.2) is 0 Å². The summed E-state index contributed by atoms with van der Waals surface area (Å²) >= 11 is 0. The van der Waals surface area contributed by atoms with Gasteiger partial charge in [0.1, 0.15) is 8.07 Å². The normalized spacial score (nSPS) is 10.4. The monoisotopic (exact) mass is 262 g/mol. The Kier molecular flexibility index (Phi) is 4.04. The molecule has 2 aromatic carbocycles. The highest BCUT2D eigenvalue weighted by molar-refractivity contribution is 6.94. The van der Waals surface area contributed by atoms with E-state index in [1.54, 1.807) is 0 Å². The van der Waals surface area contributed by atoms with Crippen molar-refractivity contribution in [2.75, 3.05) is 0 Å². The molecule has 1 heteroatoms. The lowest BCUT2D eigenvalue weighted by Crippen LogP contribution is -2.41. The van der Waals surface area contributed by atoms with Gasteiger partial charge in [0.05, 0.1) is 0 Å². The Labute approximate surface area is 116 Å². The average Bonchev–Trinajstić information content (AvgIpc) is 2.46. The molecule has 2 rings (SSSR count). The highest BCUT2D eigenvalue weighted by Crippen LogP contribution is 2.08. The lowest BCUT2D eigenvalue weighted by atomic mass is 10.2. The molecule has 0 spiro atoms. The fourth-order valence-electron chi connectivity index (χ4n) is 1.92. The second-order valence-corrected chi connectivity index (χ2v) is 9.48. The number of hydrogen-bond acceptors (Lipinski definition) is 0. The van der Waals surface area contributed by atoms with Gasteiger partial charge in [0.15, 0.2) is 0 Å². The van der Waals surface area contributed by atoms with E-state index in [0.717, 1.165) is 11.1 Å². The van der Waals surface area contributed by atoms with Crippen LogP contribution < -0.4 is 5.19 Å². The second-order valence-electron chi connectivity index (χ2n) is 5.09. The van der Waals surface area contributed by atoms with Gasteiger partial charge in [-0.15, -0.1) is 6.58 Å². The van der Waals surface area contributed by atoms with Crippen LogP contribution in [0.5, 0.6) is 0 Å². The Bertz CT molecular complexity index is 627. The summed E-state index contributed by atoms with van der Waals surface area (Å²) in [4.78, 5) is 0. The molecule has 0 saturated carbocycles. The molecule has 0 amide bonds. The maximum Gasteiger partial charge on any atom is 0.105 e. The van der Waals surface area contributed by atoms with Gasteiger partial charge in [0, 0.05) is 11.1 Å². The largest absolute Gasteiger partial charge is 0.107 e. The van der Waals surface area contributed by atoms with Crippen molar-refractivity contribution >= 4 is 13.3 Å². The van der Waals surface area contributed by atoms with Crippen LogP contribution in [0, 0.1) is 11.8 Å². The van der Waals surface area contributed by atoms with Gasteiger partial charge in [-0.1, -0.05) is 67.0 Å². The summed E-state index contributed by atoms with van der Waals surface area (Å²) < 4.78 is 0. The van der Waals surface area contributed by atoms with Gasteiger partial charge in [-0.05, 0) is 23.4 Å². The van der Waals surface area contributed by atoms with Crippen molar-refractivity contribution in [3.8, 4) is 11.8 Å². The molecule has 0 aliphatic carbocycles. The van der Waals surface area contributed by atoms with Crippen molar-refractivity contribution in [3.63, 3.8) is 0 Å². The lowest BCUT2D eigenvalue weighted by Gasteiger charge is -2.19. The maximum atomic E-state index is 3.98. The van der Waals surface area contributed by atoms with Crippen molar-refractivity contribution < 1.29 is 0 Å². The Morgan fingerprint density at radius 1 is 0.895 bits per heavy atom. The third kappa shape index (κ3) is 3.24. The molecular weight excluding hydrogens is 244 g/mol. The summed E-state index contributed by atoms with van der Waals surface area (Å²) in [6.07, 6.45) is 0. The molecule has 0 aliphatic rings. The van der Waals surface area contributed by atoms with E-state index < -0.39 is 8.07 Å². The Balaban J connectivity index is 2.43. The van der Waals surface area contributed by atoms with E-state index in [1.807, 2.05) is 36.4 Å². The topological polar surface area (TPSA) is 0 Å². The Morgan fingerprint density at radius 2 is 1.53 bits per heavy atom. The highest BCUT2D eigenvalue weighted by atomic mass is 28.3. The van der Waals surface area contributed by atoms with Gasteiger partial charge in [-0.3, -0.25) is 0 Å². The zero-order valence-electron chi connectivity index (χ0n) is 11.5. The number of hydrogen-bond donors (Lipinski definition) is 0. The molecular formula is C18H18Si. The summed E-state index contributed by atoms with van der Waals surface area (Å²) in [6, 6.07) is 18.5. The summed E-state index contributed by atoms with van der Waals surface area (Å²) in [5, 5.41) is 1.36. The predicted molar refractivity (Wildman–Crippen MR) is 86.2 cm³/mol. The molecule has 0 atom stereocenters. The summed E-state index contributed by atoms with van der Waals surface area (Å²) in [5.74, 6) is 6.54. The Morgan fingerprint density at radius 3 is 2.21 bits per heavy atom. The molecule has 0 N–H and O–H groups in total. The first-order valence-electron chi connectivity index (χ1n) is 6.43. The molecule has 94 valence electrons. The molecule has 0 nitrogen and oxygen atoms in total. The van der Waals surface area contributed by atoms with Crippen molar-refractivity contribution in [1.82, 2.24) is 0 Å². The van der Waals surface area contributed by atoms with Crippen LogP contribution in [0.25, 0.3) is 0 Å². The van der Waals surface area contributed by atoms with Crippen LogP contribution in [0.1, 0.15) is 11.1 Å². The van der Waals surface area contributed by atoms with Crippen LogP contribution in [-0.4, -0.2) is 8.07 Å². The summed E-state index contributed by atoms with van der Waals surface area (Å²) in [7, 11) is -1.57. The van der Waals surface area contributed by atoms with Crippen LogP contribution >= 0.6 is 0 Å².